The van der Waals surface area contributed by atoms with Gasteiger partial charge in [0.1, 0.15) is 0 Å². The van der Waals surface area contributed by atoms with Gasteiger partial charge in [0.05, 0.1) is 0 Å². The first-order chi connectivity index (χ1) is 3.72. The molecule has 0 rings (SSSR count). The zero-order chi connectivity index (χ0) is 6.57. The second-order valence-electron chi connectivity index (χ2n) is 1.91. The van der Waals surface area contributed by atoms with E-state index in [-0.39, 0.29) is 21.5 Å². The van der Waals surface area contributed by atoms with Crippen LogP contribution in [0.25, 0.3) is 0 Å². The van der Waals surface area contributed by atoms with Crippen molar-refractivity contribution < 1.29 is 21.5 Å². The summed E-state index contributed by atoms with van der Waals surface area (Å²) in [6.45, 7) is 4.17. The van der Waals surface area contributed by atoms with Gasteiger partial charge in [0.25, 0.3) is 0 Å². The summed E-state index contributed by atoms with van der Waals surface area (Å²) in [5, 5.41) is 0. The summed E-state index contributed by atoms with van der Waals surface area (Å²) in [5.74, 6) is 0. The molecule has 0 aromatic heterocycles. The summed E-state index contributed by atoms with van der Waals surface area (Å²) >= 11 is -0.124. The molecule has 0 aliphatic rings. The van der Waals surface area contributed by atoms with Gasteiger partial charge in [-0.3, -0.25) is 0 Å². The van der Waals surface area contributed by atoms with Crippen molar-refractivity contribution in [3.05, 3.63) is 0 Å². The van der Waals surface area contributed by atoms with Gasteiger partial charge in [-0.1, -0.05) is 0 Å². The molecule has 0 saturated carbocycles. The van der Waals surface area contributed by atoms with Gasteiger partial charge < -0.3 is 0 Å². The van der Waals surface area contributed by atoms with E-state index >= 15 is 0 Å². The standard InChI is InChI=1S/C5H14IN2/c1-3-5(6-8)4(2)7/h4-5H,3,7-8H2,1-2H3/q-1/t4-,5?/m1/s1. The molecule has 0 aromatic rings. The van der Waals surface area contributed by atoms with Crippen molar-refractivity contribution in [1.82, 2.24) is 0 Å². The first kappa shape index (κ1) is 8.65. The number of rotatable bonds is 3. The van der Waals surface area contributed by atoms with Gasteiger partial charge in [0, 0.05) is 0 Å². The van der Waals surface area contributed by atoms with Gasteiger partial charge in [-0.25, -0.2) is 0 Å². The Kier molecular flexibility index (Phi) is 4.89. The van der Waals surface area contributed by atoms with E-state index in [4.69, 9.17) is 9.68 Å². The number of hydrogen-bond acceptors (Lipinski definition) is 2. The molecule has 4 N–H and O–H groups in total. The van der Waals surface area contributed by atoms with Crippen molar-refractivity contribution in [2.24, 2.45) is 9.68 Å². The number of alkyl halides is 1. The molecule has 0 saturated heterocycles. The van der Waals surface area contributed by atoms with Crippen LogP contribution in [-0.4, -0.2) is 9.97 Å². The summed E-state index contributed by atoms with van der Waals surface area (Å²) in [4.78, 5) is 0. The Balaban J connectivity index is 3.35. The van der Waals surface area contributed by atoms with E-state index in [9.17, 15) is 0 Å². The zero-order valence-corrected chi connectivity index (χ0v) is 7.55. The molecule has 1 unspecified atom stereocenters. The fourth-order valence-corrected chi connectivity index (χ4v) is 1.74. The Hall–Kier alpha value is 0.650. The van der Waals surface area contributed by atoms with Crippen molar-refractivity contribution in [3.63, 3.8) is 0 Å². The summed E-state index contributed by atoms with van der Waals surface area (Å²) in [6.07, 6.45) is 1.14. The van der Waals surface area contributed by atoms with Crippen molar-refractivity contribution >= 4 is 0 Å². The fraction of sp³-hybridized carbons (Fsp3) is 1.00. The van der Waals surface area contributed by atoms with Crippen molar-refractivity contribution in [2.45, 2.75) is 30.2 Å². The Morgan fingerprint density at radius 1 is 1.62 bits per heavy atom. The molecule has 0 radical (unpaired) electrons. The van der Waals surface area contributed by atoms with E-state index in [1.807, 2.05) is 6.92 Å². The van der Waals surface area contributed by atoms with Crippen molar-refractivity contribution in [2.75, 3.05) is 0 Å². The van der Waals surface area contributed by atoms with Gasteiger partial charge in [-0.15, -0.1) is 0 Å². The molecule has 8 heavy (non-hydrogen) atoms. The average Bonchev–Trinajstić information content (AvgIpc) is 1.69. The first-order valence-electron chi connectivity index (χ1n) is 2.80. The summed E-state index contributed by atoms with van der Waals surface area (Å²) < 4.78 is 6.13. The fourth-order valence-electron chi connectivity index (χ4n) is 0.576. The van der Waals surface area contributed by atoms with Crippen LogP contribution in [0.1, 0.15) is 20.3 Å². The van der Waals surface area contributed by atoms with Crippen LogP contribution in [0.2, 0.25) is 0 Å². The molecule has 0 fully saturated rings. The third-order valence-corrected chi connectivity index (χ3v) is 4.06. The average molecular weight is 229 g/mol. The molecule has 0 aromatic carbocycles. The third-order valence-electron chi connectivity index (χ3n) is 1.12. The monoisotopic (exact) mass is 229 g/mol. The summed E-state index contributed by atoms with van der Waals surface area (Å²) in [6, 6.07) is 0.304. The predicted molar refractivity (Wildman–Crippen MR) is 31.9 cm³/mol. The topological polar surface area (TPSA) is 52.0 Å². The normalized spacial score (nSPS) is 18.5. The van der Waals surface area contributed by atoms with Gasteiger partial charge >= 0.3 is 61.4 Å². The molecule has 0 bridgehead atoms. The van der Waals surface area contributed by atoms with Gasteiger partial charge in [0.15, 0.2) is 0 Å². The molecular weight excluding hydrogens is 215 g/mol. The minimum atomic E-state index is -0.124. The maximum atomic E-state index is 5.61. The Morgan fingerprint density at radius 2 is 2.12 bits per heavy atom. The molecule has 0 aliphatic carbocycles. The Labute approximate surface area is 61.6 Å². The molecule has 52 valence electrons. The van der Waals surface area contributed by atoms with Crippen LogP contribution in [0.4, 0.5) is 0 Å². The molecule has 3 heteroatoms. The van der Waals surface area contributed by atoms with Gasteiger partial charge in [0.2, 0.25) is 0 Å². The van der Waals surface area contributed by atoms with E-state index in [2.05, 4.69) is 6.92 Å². The quantitative estimate of drug-likeness (QED) is 0.309. The van der Waals surface area contributed by atoms with Crippen LogP contribution in [0.3, 0.4) is 0 Å². The summed E-state index contributed by atoms with van der Waals surface area (Å²) in [7, 11) is 0. The van der Waals surface area contributed by atoms with E-state index < -0.39 is 0 Å². The van der Waals surface area contributed by atoms with E-state index in [1.54, 1.807) is 0 Å². The number of nitrogens with two attached hydrogens (primary N) is 2. The molecule has 2 nitrogen and oxygen atoms in total. The second kappa shape index (κ2) is 4.52. The van der Waals surface area contributed by atoms with Crippen LogP contribution >= 0.6 is 0 Å². The second-order valence-corrected chi connectivity index (χ2v) is 4.23. The zero-order valence-electron chi connectivity index (χ0n) is 5.39. The van der Waals surface area contributed by atoms with Crippen molar-refractivity contribution in [1.29, 1.82) is 0 Å². The number of halogens is 1. The third kappa shape index (κ3) is 2.84. The Morgan fingerprint density at radius 3 is 2.12 bits per heavy atom. The van der Waals surface area contributed by atoms with Crippen LogP contribution in [-0.2, 0) is 0 Å². The molecular formula is C5H14IN2-. The van der Waals surface area contributed by atoms with Crippen LogP contribution in [0.5, 0.6) is 0 Å². The molecule has 0 spiro atoms. The maximum absolute atomic E-state index is 5.61. The molecule has 0 aliphatic heterocycles. The van der Waals surface area contributed by atoms with E-state index in [0.29, 0.717) is 9.97 Å². The molecule has 0 amide bonds. The Bertz CT molecular complexity index is 52.4. The SMILES string of the molecule is CCC([I-]N)[C@@H](C)N. The van der Waals surface area contributed by atoms with Crippen LogP contribution < -0.4 is 31.2 Å². The first-order valence-corrected chi connectivity index (χ1v) is 5.29. The van der Waals surface area contributed by atoms with Gasteiger partial charge in [-0.05, 0) is 0 Å². The summed E-state index contributed by atoms with van der Waals surface area (Å²) in [5.41, 5.74) is 5.61. The van der Waals surface area contributed by atoms with Crippen LogP contribution in [0.15, 0.2) is 0 Å². The molecule has 0 heterocycles. The van der Waals surface area contributed by atoms with E-state index in [0.717, 1.165) is 6.42 Å². The van der Waals surface area contributed by atoms with Crippen molar-refractivity contribution in [3.8, 4) is 0 Å². The van der Waals surface area contributed by atoms with E-state index in [1.165, 1.54) is 0 Å². The van der Waals surface area contributed by atoms with Gasteiger partial charge in [-0.2, -0.15) is 0 Å². The minimum absolute atomic E-state index is 0.124. The predicted octanol–water partition coefficient (Wildman–Crippen LogP) is -2.93. The van der Waals surface area contributed by atoms with Crippen LogP contribution in [0, 0.1) is 0 Å². The number of hydrogen-bond donors (Lipinski definition) is 2. The molecule has 2 atom stereocenters.